The number of para-hydroxylation sites is 3. The zero-order chi connectivity index (χ0) is 17.1. The normalized spacial score (nSPS) is 11.8. The van der Waals surface area contributed by atoms with Crippen LogP contribution in [0.4, 0.5) is 0 Å². The van der Waals surface area contributed by atoms with Crippen LogP contribution in [0.2, 0.25) is 0 Å². The molecule has 0 amide bonds. The summed E-state index contributed by atoms with van der Waals surface area (Å²) in [5, 5.41) is 4.98. The van der Waals surface area contributed by atoms with Crippen molar-refractivity contribution in [1.82, 2.24) is 9.97 Å². The number of fused-ring (bicyclic) bond motifs is 6. The molecule has 2 heterocycles. The number of aromatic amines is 2. The van der Waals surface area contributed by atoms with Gasteiger partial charge in [0.05, 0.1) is 11.0 Å². The van der Waals surface area contributed by atoms with Gasteiger partial charge in [-0.05, 0) is 29.8 Å². The number of nitrogens with one attached hydrogen (secondary N) is 2. The van der Waals surface area contributed by atoms with Crippen molar-refractivity contribution in [2.75, 3.05) is 0 Å². The molecule has 26 heavy (non-hydrogen) atoms. The quantitative estimate of drug-likeness (QED) is 0.348. The van der Waals surface area contributed by atoms with Crippen molar-refractivity contribution in [3.8, 4) is 11.1 Å². The molecule has 2 N–H and O–H groups in total. The van der Waals surface area contributed by atoms with E-state index in [-0.39, 0.29) is 0 Å². The van der Waals surface area contributed by atoms with Crippen molar-refractivity contribution in [1.29, 1.82) is 0 Å². The lowest BCUT2D eigenvalue weighted by Crippen LogP contribution is -1.81. The molecule has 0 unspecified atom stereocenters. The van der Waals surface area contributed by atoms with E-state index >= 15 is 0 Å². The third-order valence-electron chi connectivity index (χ3n) is 5.27. The molecule has 0 atom stereocenters. The summed E-state index contributed by atoms with van der Waals surface area (Å²) in [6.45, 7) is 0. The van der Waals surface area contributed by atoms with E-state index in [1.165, 1.54) is 43.7 Å². The van der Waals surface area contributed by atoms with Gasteiger partial charge in [-0.15, -0.1) is 0 Å². The van der Waals surface area contributed by atoms with Crippen molar-refractivity contribution in [3.63, 3.8) is 0 Å². The average Bonchev–Trinajstić information content (AvgIpc) is 3.25. The lowest BCUT2D eigenvalue weighted by atomic mass is 10.00. The fourth-order valence-electron chi connectivity index (χ4n) is 4.04. The first-order valence-corrected chi connectivity index (χ1v) is 8.80. The maximum Gasteiger partial charge on any atom is 0.0545 e. The van der Waals surface area contributed by atoms with Crippen molar-refractivity contribution in [2.45, 2.75) is 0 Å². The minimum Gasteiger partial charge on any atom is -0.354 e. The van der Waals surface area contributed by atoms with Gasteiger partial charge in [0.2, 0.25) is 0 Å². The summed E-state index contributed by atoms with van der Waals surface area (Å²) < 4.78 is 0. The summed E-state index contributed by atoms with van der Waals surface area (Å²) in [6.07, 6.45) is 0. The van der Waals surface area contributed by atoms with Gasteiger partial charge in [0.15, 0.2) is 0 Å². The van der Waals surface area contributed by atoms with Gasteiger partial charge < -0.3 is 9.97 Å². The molecule has 4 aromatic carbocycles. The maximum atomic E-state index is 3.60. The number of benzene rings is 4. The summed E-state index contributed by atoms with van der Waals surface area (Å²) in [7, 11) is 0. The first-order chi connectivity index (χ1) is 12.9. The molecule has 0 aliphatic carbocycles. The third kappa shape index (κ3) is 1.81. The molecule has 0 aliphatic heterocycles. The van der Waals surface area contributed by atoms with Crippen LogP contribution in [0.25, 0.3) is 54.7 Å². The van der Waals surface area contributed by atoms with Gasteiger partial charge >= 0.3 is 0 Å². The van der Waals surface area contributed by atoms with Crippen molar-refractivity contribution in [2.24, 2.45) is 0 Å². The second-order valence-electron chi connectivity index (χ2n) is 6.75. The van der Waals surface area contributed by atoms with Crippen LogP contribution in [0.15, 0.2) is 78.9 Å². The highest BCUT2D eigenvalue weighted by atomic mass is 14.7. The van der Waals surface area contributed by atoms with Crippen LogP contribution < -0.4 is 0 Å². The van der Waals surface area contributed by atoms with Crippen molar-refractivity contribution >= 4 is 43.6 Å². The van der Waals surface area contributed by atoms with Gasteiger partial charge in [-0.1, -0.05) is 54.6 Å². The highest BCUT2D eigenvalue weighted by Crippen LogP contribution is 2.35. The number of hydrogen-bond acceptors (Lipinski definition) is 0. The molecule has 6 aromatic rings. The molecule has 0 saturated carbocycles. The number of aromatic nitrogens is 2. The Morgan fingerprint density at radius 1 is 0.615 bits per heavy atom. The molecular weight excluding hydrogens is 316 g/mol. The lowest BCUT2D eigenvalue weighted by molar-refractivity contribution is 1.53. The SMILES string of the molecule is [c]1cc(-c2cccc3c2[nH]c2ccccc23)cc2c1[nH]c1ccccc12. The van der Waals surface area contributed by atoms with E-state index in [1.807, 2.05) is 0 Å². The second kappa shape index (κ2) is 4.99. The molecule has 0 spiro atoms. The van der Waals surface area contributed by atoms with Gasteiger partial charge in [0.25, 0.3) is 0 Å². The van der Waals surface area contributed by atoms with Crippen LogP contribution in [0.5, 0.6) is 0 Å². The summed E-state index contributed by atoms with van der Waals surface area (Å²) in [5.41, 5.74) is 6.95. The summed E-state index contributed by atoms with van der Waals surface area (Å²) in [4.78, 5) is 7.05. The van der Waals surface area contributed by atoms with Crippen LogP contribution in [0.3, 0.4) is 0 Å². The van der Waals surface area contributed by atoms with E-state index in [4.69, 9.17) is 0 Å². The molecule has 2 aromatic heterocycles. The second-order valence-corrected chi connectivity index (χ2v) is 6.75. The molecular formula is C24H15N2. The highest BCUT2D eigenvalue weighted by Gasteiger charge is 2.11. The summed E-state index contributed by atoms with van der Waals surface area (Å²) >= 11 is 0. The van der Waals surface area contributed by atoms with E-state index < -0.39 is 0 Å². The van der Waals surface area contributed by atoms with E-state index in [0.717, 1.165) is 11.0 Å². The minimum atomic E-state index is 1.05. The Bertz CT molecular complexity index is 1430. The monoisotopic (exact) mass is 331 g/mol. The fraction of sp³-hybridized carbons (Fsp3) is 0. The predicted molar refractivity (Wildman–Crippen MR) is 109 cm³/mol. The van der Waals surface area contributed by atoms with Crippen LogP contribution >= 0.6 is 0 Å². The van der Waals surface area contributed by atoms with E-state index in [9.17, 15) is 0 Å². The predicted octanol–water partition coefficient (Wildman–Crippen LogP) is 6.42. The molecule has 1 radical (unpaired) electrons. The fourth-order valence-corrected chi connectivity index (χ4v) is 4.04. The highest BCUT2D eigenvalue weighted by molar-refractivity contribution is 6.13. The zero-order valence-electron chi connectivity index (χ0n) is 14.0. The van der Waals surface area contributed by atoms with Crippen LogP contribution in [0, 0.1) is 6.07 Å². The van der Waals surface area contributed by atoms with Crippen molar-refractivity contribution < 1.29 is 0 Å². The van der Waals surface area contributed by atoms with E-state index in [0.29, 0.717) is 0 Å². The van der Waals surface area contributed by atoms with Crippen molar-refractivity contribution in [3.05, 3.63) is 84.9 Å². The zero-order valence-corrected chi connectivity index (χ0v) is 14.0. The van der Waals surface area contributed by atoms with Gasteiger partial charge in [-0.25, -0.2) is 0 Å². The molecule has 0 saturated heterocycles. The van der Waals surface area contributed by atoms with Gasteiger partial charge in [0.1, 0.15) is 0 Å². The Labute approximate surface area is 150 Å². The van der Waals surface area contributed by atoms with Gasteiger partial charge in [0, 0.05) is 44.2 Å². The summed E-state index contributed by atoms with van der Waals surface area (Å²) in [6, 6.07) is 31.2. The Kier molecular flexibility index (Phi) is 2.64. The van der Waals surface area contributed by atoms with E-state index in [1.54, 1.807) is 0 Å². The third-order valence-corrected chi connectivity index (χ3v) is 5.27. The Morgan fingerprint density at radius 3 is 2.15 bits per heavy atom. The molecule has 6 rings (SSSR count). The van der Waals surface area contributed by atoms with Gasteiger partial charge in [-0.2, -0.15) is 0 Å². The standard InChI is InChI=1S/C24H15N2/c1-4-11-22-17(6-1)19-9-5-8-16(24(19)26-22)15-12-13-23-20(14-15)18-7-2-3-10-21(18)25-23/h1-12,14,25-26H. The topological polar surface area (TPSA) is 31.6 Å². The Morgan fingerprint density at radius 2 is 1.31 bits per heavy atom. The summed E-state index contributed by atoms with van der Waals surface area (Å²) in [5.74, 6) is 0. The largest absolute Gasteiger partial charge is 0.354 e. The van der Waals surface area contributed by atoms with Gasteiger partial charge in [-0.3, -0.25) is 0 Å². The van der Waals surface area contributed by atoms with Crippen LogP contribution in [-0.4, -0.2) is 9.97 Å². The first kappa shape index (κ1) is 13.7. The molecule has 121 valence electrons. The Hall–Kier alpha value is -3.52. The lowest BCUT2D eigenvalue weighted by Gasteiger charge is -2.04. The number of H-pyrrole nitrogens is 2. The molecule has 0 fully saturated rings. The molecule has 2 heteroatoms. The number of rotatable bonds is 1. The van der Waals surface area contributed by atoms with Crippen LogP contribution in [0.1, 0.15) is 0 Å². The van der Waals surface area contributed by atoms with Crippen LogP contribution in [-0.2, 0) is 0 Å². The maximum absolute atomic E-state index is 3.60. The van der Waals surface area contributed by atoms with E-state index in [2.05, 4.69) is 94.9 Å². The Balaban J connectivity index is 1.68. The number of hydrogen-bond donors (Lipinski definition) is 2. The molecule has 0 aliphatic rings. The smallest absolute Gasteiger partial charge is 0.0545 e. The molecule has 2 nitrogen and oxygen atoms in total. The average molecular weight is 331 g/mol. The molecule has 0 bridgehead atoms. The minimum absolute atomic E-state index is 1.05. The first-order valence-electron chi connectivity index (χ1n) is 8.80.